The molecule has 0 amide bonds. The number of rotatable bonds is 6. The molecule has 0 aromatic heterocycles. The summed E-state index contributed by atoms with van der Waals surface area (Å²) >= 11 is 0. The lowest BCUT2D eigenvalue weighted by Crippen LogP contribution is -2.24. The van der Waals surface area contributed by atoms with Gasteiger partial charge in [-0.3, -0.25) is 0 Å². The minimum atomic E-state index is 0. The first-order valence-corrected chi connectivity index (χ1v) is 5.20. The van der Waals surface area contributed by atoms with E-state index in [2.05, 4.69) is 38.7 Å². The van der Waals surface area contributed by atoms with E-state index in [0.29, 0.717) is 0 Å². The van der Waals surface area contributed by atoms with E-state index < -0.39 is 0 Å². The minimum Gasteiger partial charge on any atom is -0.375 e. The Labute approximate surface area is 89.6 Å². The first kappa shape index (κ1) is 15.3. The largest absolute Gasteiger partial charge is 0.375 e. The van der Waals surface area contributed by atoms with Gasteiger partial charge in [0.15, 0.2) is 0 Å². The molecule has 1 nitrogen and oxygen atoms in total. The van der Waals surface area contributed by atoms with Crippen molar-refractivity contribution in [1.29, 1.82) is 0 Å². The van der Waals surface area contributed by atoms with Crippen LogP contribution in [-0.2, 0) is 0 Å². The molecule has 0 bridgehead atoms. The molecule has 80 valence electrons. The summed E-state index contributed by atoms with van der Waals surface area (Å²) in [4.78, 5) is 2.50. The van der Waals surface area contributed by atoms with Gasteiger partial charge < -0.3 is 4.90 Å². The van der Waals surface area contributed by atoms with Crippen LogP contribution in [-0.4, -0.2) is 18.0 Å². The highest BCUT2D eigenvalue weighted by Crippen LogP contribution is 2.09. The van der Waals surface area contributed by atoms with Crippen LogP contribution in [0.3, 0.4) is 0 Å². The highest BCUT2D eigenvalue weighted by atomic mass is 35.5. The summed E-state index contributed by atoms with van der Waals surface area (Å²) in [5, 5.41) is 0. The maximum Gasteiger partial charge on any atom is 0.0172 e. The summed E-state index contributed by atoms with van der Waals surface area (Å²) in [6.07, 6.45) is 5.90. The zero-order valence-corrected chi connectivity index (χ0v) is 10.3. The van der Waals surface area contributed by atoms with E-state index in [-0.39, 0.29) is 12.4 Å². The second-order valence-corrected chi connectivity index (χ2v) is 3.12. The average Bonchev–Trinajstić information content (AvgIpc) is 2.07. The van der Waals surface area contributed by atoms with Crippen LogP contribution in [0.15, 0.2) is 11.8 Å². The van der Waals surface area contributed by atoms with Gasteiger partial charge in [-0.25, -0.2) is 0 Å². The lowest BCUT2D eigenvalue weighted by atomic mass is 10.2. The van der Waals surface area contributed by atoms with Crippen LogP contribution < -0.4 is 0 Å². The Bertz CT molecular complexity index is 126. The highest BCUT2D eigenvalue weighted by molar-refractivity contribution is 5.85. The number of allylic oxidation sites excluding steroid dienone is 2. The van der Waals surface area contributed by atoms with E-state index in [1.165, 1.54) is 31.6 Å². The molecule has 0 aliphatic heterocycles. The maximum absolute atomic E-state index is 2.50. The SMILES string of the molecule is CC=C(CC)N(CCC)CCC.Cl. The van der Waals surface area contributed by atoms with Gasteiger partial charge in [0.25, 0.3) is 0 Å². The Kier molecular flexibility index (Phi) is 11.7. The molecule has 0 fully saturated rings. The van der Waals surface area contributed by atoms with Gasteiger partial charge in [0.1, 0.15) is 0 Å². The molecule has 0 aromatic rings. The highest BCUT2D eigenvalue weighted by Gasteiger charge is 2.03. The Morgan fingerprint density at radius 1 is 1.08 bits per heavy atom. The molecule has 0 N–H and O–H groups in total. The maximum atomic E-state index is 2.50. The lowest BCUT2D eigenvalue weighted by Gasteiger charge is -2.25. The zero-order chi connectivity index (χ0) is 9.40. The number of halogens is 1. The predicted octanol–water partition coefficient (Wildman–Crippen LogP) is 3.84. The van der Waals surface area contributed by atoms with Crippen LogP contribution in [0.2, 0.25) is 0 Å². The monoisotopic (exact) mass is 205 g/mol. The van der Waals surface area contributed by atoms with Crippen LogP contribution in [0, 0.1) is 0 Å². The van der Waals surface area contributed by atoms with Crippen molar-refractivity contribution in [3.8, 4) is 0 Å². The van der Waals surface area contributed by atoms with Crippen molar-refractivity contribution in [2.45, 2.75) is 47.0 Å². The molecule has 0 heterocycles. The van der Waals surface area contributed by atoms with Crippen molar-refractivity contribution in [3.05, 3.63) is 11.8 Å². The topological polar surface area (TPSA) is 3.24 Å². The third-order valence-corrected chi connectivity index (χ3v) is 2.09. The fourth-order valence-corrected chi connectivity index (χ4v) is 1.55. The summed E-state index contributed by atoms with van der Waals surface area (Å²) in [5.41, 5.74) is 1.50. The predicted molar refractivity (Wildman–Crippen MR) is 63.5 cm³/mol. The standard InChI is InChI=1S/C11H23N.ClH/c1-5-9-12(10-6-2)11(7-3)8-4;/h7H,5-6,8-10H2,1-4H3;1H. The van der Waals surface area contributed by atoms with E-state index in [9.17, 15) is 0 Å². The molecule has 0 atom stereocenters. The van der Waals surface area contributed by atoms with Gasteiger partial charge in [-0.05, 0) is 26.2 Å². The Morgan fingerprint density at radius 2 is 1.54 bits per heavy atom. The van der Waals surface area contributed by atoms with E-state index >= 15 is 0 Å². The quantitative estimate of drug-likeness (QED) is 0.637. The third-order valence-electron chi connectivity index (χ3n) is 2.09. The molecule has 0 saturated heterocycles. The van der Waals surface area contributed by atoms with E-state index in [4.69, 9.17) is 0 Å². The normalized spacial score (nSPS) is 10.9. The summed E-state index contributed by atoms with van der Waals surface area (Å²) in [5.74, 6) is 0. The van der Waals surface area contributed by atoms with Crippen molar-refractivity contribution in [1.82, 2.24) is 4.90 Å². The molecule has 0 spiro atoms. The molecule has 0 radical (unpaired) electrons. The van der Waals surface area contributed by atoms with Gasteiger partial charge in [-0.1, -0.05) is 26.8 Å². The van der Waals surface area contributed by atoms with Crippen molar-refractivity contribution in [2.24, 2.45) is 0 Å². The van der Waals surface area contributed by atoms with Crippen LogP contribution in [0.1, 0.15) is 47.0 Å². The molecule has 0 unspecified atom stereocenters. The van der Waals surface area contributed by atoms with Crippen molar-refractivity contribution in [3.63, 3.8) is 0 Å². The van der Waals surface area contributed by atoms with Gasteiger partial charge in [0, 0.05) is 18.8 Å². The van der Waals surface area contributed by atoms with Gasteiger partial charge in [0.2, 0.25) is 0 Å². The van der Waals surface area contributed by atoms with Crippen molar-refractivity contribution >= 4 is 12.4 Å². The minimum absolute atomic E-state index is 0. The molecular formula is C11H24ClN. The van der Waals surface area contributed by atoms with Gasteiger partial charge in [-0.2, -0.15) is 0 Å². The molecule has 0 rings (SSSR count). The van der Waals surface area contributed by atoms with Crippen molar-refractivity contribution in [2.75, 3.05) is 13.1 Å². The van der Waals surface area contributed by atoms with Crippen LogP contribution in [0.5, 0.6) is 0 Å². The summed E-state index contributed by atoms with van der Waals surface area (Å²) in [7, 11) is 0. The van der Waals surface area contributed by atoms with Gasteiger partial charge >= 0.3 is 0 Å². The molecule has 0 aliphatic carbocycles. The number of hydrogen-bond donors (Lipinski definition) is 0. The van der Waals surface area contributed by atoms with Crippen LogP contribution >= 0.6 is 12.4 Å². The summed E-state index contributed by atoms with van der Waals surface area (Å²) in [6, 6.07) is 0. The molecule has 2 heteroatoms. The summed E-state index contributed by atoms with van der Waals surface area (Å²) < 4.78 is 0. The smallest absolute Gasteiger partial charge is 0.0172 e. The van der Waals surface area contributed by atoms with E-state index in [1.807, 2.05) is 0 Å². The second-order valence-electron chi connectivity index (χ2n) is 3.12. The Balaban J connectivity index is 0. The number of hydrogen-bond acceptors (Lipinski definition) is 1. The first-order chi connectivity index (χ1) is 5.79. The Hall–Kier alpha value is -0.170. The van der Waals surface area contributed by atoms with E-state index in [1.54, 1.807) is 0 Å². The third kappa shape index (κ3) is 5.98. The molecule has 13 heavy (non-hydrogen) atoms. The van der Waals surface area contributed by atoms with Crippen LogP contribution in [0.4, 0.5) is 0 Å². The summed E-state index contributed by atoms with van der Waals surface area (Å²) in [6.45, 7) is 11.3. The fourth-order valence-electron chi connectivity index (χ4n) is 1.55. The first-order valence-electron chi connectivity index (χ1n) is 5.20. The van der Waals surface area contributed by atoms with E-state index in [0.717, 1.165) is 6.42 Å². The number of nitrogens with zero attached hydrogens (tertiary/aromatic N) is 1. The molecule has 0 aliphatic rings. The zero-order valence-electron chi connectivity index (χ0n) is 9.47. The molecule has 0 aromatic carbocycles. The Morgan fingerprint density at radius 3 is 1.77 bits per heavy atom. The fraction of sp³-hybridized carbons (Fsp3) is 0.818. The second kappa shape index (κ2) is 9.91. The van der Waals surface area contributed by atoms with Gasteiger partial charge in [0.05, 0.1) is 0 Å². The average molecular weight is 206 g/mol. The van der Waals surface area contributed by atoms with Gasteiger partial charge in [-0.15, -0.1) is 12.4 Å². The lowest BCUT2D eigenvalue weighted by molar-refractivity contribution is 0.335. The molecular weight excluding hydrogens is 182 g/mol. The molecule has 0 saturated carbocycles. The van der Waals surface area contributed by atoms with Crippen molar-refractivity contribution < 1.29 is 0 Å². The van der Waals surface area contributed by atoms with Crippen LogP contribution in [0.25, 0.3) is 0 Å².